The fourth-order valence-electron chi connectivity index (χ4n) is 3.80. The molecule has 4 heteroatoms. The topological polar surface area (TPSA) is 9.23 Å². The van der Waals surface area contributed by atoms with Crippen LogP contribution in [0, 0.1) is 11.6 Å². The van der Waals surface area contributed by atoms with Gasteiger partial charge in [-0.15, -0.1) is 11.3 Å². The molecule has 0 spiro atoms. The zero-order valence-electron chi connectivity index (χ0n) is 17.7. The van der Waals surface area contributed by atoms with Crippen molar-refractivity contribution in [3.05, 3.63) is 41.5 Å². The molecule has 0 fully saturated rings. The number of hydrogen-bond donors (Lipinski definition) is 0. The van der Waals surface area contributed by atoms with E-state index in [1.165, 1.54) is 37.0 Å². The SMILES string of the molecule is CCCCCCCCc1ccc2c(sc3c(F)c(OCCCCC)ccc32)c1F. The lowest BCUT2D eigenvalue weighted by atomic mass is 10.0. The van der Waals surface area contributed by atoms with Gasteiger partial charge >= 0.3 is 0 Å². The number of aryl methyl sites for hydroxylation is 1. The smallest absolute Gasteiger partial charge is 0.182 e. The zero-order valence-corrected chi connectivity index (χ0v) is 18.5. The van der Waals surface area contributed by atoms with Crippen molar-refractivity contribution in [2.24, 2.45) is 0 Å². The maximum atomic E-state index is 15.1. The van der Waals surface area contributed by atoms with Gasteiger partial charge in [0, 0.05) is 10.8 Å². The molecule has 0 aliphatic carbocycles. The largest absolute Gasteiger partial charge is 0.490 e. The molecular formula is C25H32F2OS. The molecule has 0 atom stereocenters. The van der Waals surface area contributed by atoms with E-state index in [1.54, 1.807) is 6.07 Å². The molecule has 0 radical (unpaired) electrons. The van der Waals surface area contributed by atoms with Crippen molar-refractivity contribution in [1.82, 2.24) is 0 Å². The first kappa shape index (κ1) is 22.0. The molecule has 0 amide bonds. The van der Waals surface area contributed by atoms with E-state index in [2.05, 4.69) is 13.8 Å². The number of hydrogen-bond acceptors (Lipinski definition) is 2. The Bertz CT molecular complexity index is 932. The average Bonchev–Trinajstić information content (AvgIpc) is 3.11. The van der Waals surface area contributed by atoms with E-state index in [9.17, 15) is 4.39 Å². The Kier molecular flexibility index (Phi) is 8.29. The van der Waals surface area contributed by atoms with Crippen LogP contribution in [0.15, 0.2) is 24.3 Å². The lowest BCUT2D eigenvalue weighted by Gasteiger charge is -2.07. The van der Waals surface area contributed by atoms with Crippen LogP contribution >= 0.6 is 11.3 Å². The van der Waals surface area contributed by atoms with Crippen LogP contribution in [0.25, 0.3) is 20.2 Å². The summed E-state index contributed by atoms with van der Waals surface area (Å²) in [6.07, 6.45) is 11.0. The van der Waals surface area contributed by atoms with Crippen LogP contribution in [0.3, 0.4) is 0 Å². The molecule has 1 aromatic heterocycles. The number of thiophene rings is 1. The highest BCUT2D eigenvalue weighted by Gasteiger charge is 2.17. The number of rotatable bonds is 12. The highest BCUT2D eigenvalue weighted by atomic mass is 32.1. The third kappa shape index (κ3) is 5.28. The van der Waals surface area contributed by atoms with Gasteiger partial charge in [-0.2, -0.15) is 0 Å². The van der Waals surface area contributed by atoms with Gasteiger partial charge < -0.3 is 4.74 Å². The molecule has 1 nitrogen and oxygen atoms in total. The van der Waals surface area contributed by atoms with Crippen LogP contribution < -0.4 is 4.74 Å². The van der Waals surface area contributed by atoms with Gasteiger partial charge in [-0.05, 0) is 37.0 Å². The fourth-order valence-corrected chi connectivity index (χ4v) is 4.99. The molecule has 0 N–H and O–H groups in total. The second-order valence-electron chi connectivity index (χ2n) is 7.85. The van der Waals surface area contributed by atoms with Crippen LogP contribution in [0.4, 0.5) is 8.78 Å². The Morgan fingerprint density at radius 3 is 2.10 bits per heavy atom. The van der Waals surface area contributed by atoms with Crippen LogP contribution in [0.2, 0.25) is 0 Å². The average molecular weight is 419 g/mol. The van der Waals surface area contributed by atoms with Crippen molar-refractivity contribution in [1.29, 1.82) is 0 Å². The molecule has 0 unspecified atom stereocenters. The fraction of sp³-hybridized carbons (Fsp3) is 0.520. The molecule has 0 bridgehead atoms. The molecule has 3 aromatic rings. The first-order valence-corrected chi connectivity index (χ1v) is 11.9. The van der Waals surface area contributed by atoms with Crippen molar-refractivity contribution in [2.75, 3.05) is 6.61 Å². The molecule has 158 valence electrons. The van der Waals surface area contributed by atoms with Gasteiger partial charge in [-0.25, -0.2) is 8.78 Å². The summed E-state index contributed by atoms with van der Waals surface area (Å²) in [5, 5.41) is 1.57. The maximum absolute atomic E-state index is 15.1. The van der Waals surface area contributed by atoms with E-state index < -0.39 is 0 Å². The Morgan fingerprint density at radius 2 is 1.34 bits per heavy atom. The Labute approximate surface area is 177 Å². The molecule has 3 rings (SSSR count). The summed E-state index contributed by atoms with van der Waals surface area (Å²) in [6, 6.07) is 7.37. The second kappa shape index (κ2) is 10.9. The van der Waals surface area contributed by atoms with E-state index >= 15 is 4.39 Å². The number of halogens is 2. The molecule has 0 aliphatic rings. The van der Waals surface area contributed by atoms with Crippen LogP contribution in [0.5, 0.6) is 5.75 Å². The lowest BCUT2D eigenvalue weighted by Crippen LogP contribution is -1.98. The highest BCUT2D eigenvalue weighted by Crippen LogP contribution is 2.40. The number of ether oxygens (including phenoxy) is 1. The third-order valence-electron chi connectivity index (χ3n) is 5.54. The van der Waals surface area contributed by atoms with Crippen molar-refractivity contribution in [2.45, 2.75) is 78.1 Å². The standard InChI is InChI=1S/C25H32F2OS/c1-3-5-7-8-9-10-12-18-13-14-19-20-15-16-21(28-17-11-6-4-2)23(27)25(20)29-24(19)22(18)26/h13-16H,3-12,17H2,1-2H3. The third-order valence-corrected chi connectivity index (χ3v) is 6.74. The molecule has 0 saturated carbocycles. The summed E-state index contributed by atoms with van der Waals surface area (Å²) in [7, 11) is 0. The first-order chi connectivity index (χ1) is 14.2. The van der Waals surface area contributed by atoms with E-state index in [0.29, 0.717) is 16.0 Å². The highest BCUT2D eigenvalue weighted by molar-refractivity contribution is 7.25. The van der Waals surface area contributed by atoms with Gasteiger partial charge in [0.2, 0.25) is 0 Å². The molecular weight excluding hydrogens is 386 g/mol. The van der Waals surface area contributed by atoms with Gasteiger partial charge in [0.15, 0.2) is 11.6 Å². The second-order valence-corrected chi connectivity index (χ2v) is 8.87. The summed E-state index contributed by atoms with van der Waals surface area (Å²) >= 11 is 1.21. The van der Waals surface area contributed by atoms with Gasteiger partial charge in [-0.3, -0.25) is 0 Å². The van der Waals surface area contributed by atoms with Crippen LogP contribution in [-0.2, 0) is 6.42 Å². The van der Waals surface area contributed by atoms with Crippen molar-refractivity contribution in [3.63, 3.8) is 0 Å². The van der Waals surface area contributed by atoms with Gasteiger partial charge in [0.1, 0.15) is 5.82 Å². The van der Waals surface area contributed by atoms with Crippen LogP contribution in [0.1, 0.15) is 77.2 Å². The Balaban J connectivity index is 1.76. The summed E-state index contributed by atoms with van der Waals surface area (Å²) < 4.78 is 36.8. The Hall–Kier alpha value is -1.68. The van der Waals surface area contributed by atoms with E-state index in [4.69, 9.17) is 4.74 Å². The number of unbranched alkanes of at least 4 members (excludes halogenated alkanes) is 7. The molecule has 1 heterocycles. The minimum Gasteiger partial charge on any atom is -0.490 e. The van der Waals surface area contributed by atoms with Crippen molar-refractivity contribution < 1.29 is 13.5 Å². The van der Waals surface area contributed by atoms with Gasteiger partial charge in [-0.1, -0.05) is 70.9 Å². The monoisotopic (exact) mass is 418 g/mol. The van der Waals surface area contributed by atoms with Gasteiger partial charge in [0.25, 0.3) is 0 Å². The minimum absolute atomic E-state index is 0.179. The molecule has 2 aromatic carbocycles. The minimum atomic E-state index is -0.364. The van der Waals surface area contributed by atoms with Crippen LogP contribution in [-0.4, -0.2) is 6.61 Å². The summed E-state index contributed by atoms with van der Waals surface area (Å²) in [6.45, 7) is 4.84. The van der Waals surface area contributed by atoms with Crippen molar-refractivity contribution in [3.8, 4) is 5.75 Å². The number of benzene rings is 2. The van der Waals surface area contributed by atoms with Crippen molar-refractivity contribution >= 4 is 31.5 Å². The van der Waals surface area contributed by atoms with E-state index in [0.717, 1.165) is 54.9 Å². The Morgan fingerprint density at radius 1 is 0.724 bits per heavy atom. The first-order valence-electron chi connectivity index (χ1n) is 11.1. The molecule has 0 aliphatic heterocycles. The summed E-state index contributed by atoms with van der Waals surface area (Å²) in [5.74, 6) is -0.271. The van der Waals surface area contributed by atoms with E-state index in [1.807, 2.05) is 18.2 Å². The molecule has 29 heavy (non-hydrogen) atoms. The van der Waals surface area contributed by atoms with Gasteiger partial charge in [0.05, 0.1) is 16.0 Å². The van der Waals surface area contributed by atoms with E-state index in [-0.39, 0.29) is 17.4 Å². The maximum Gasteiger partial charge on any atom is 0.182 e. The molecule has 0 saturated heterocycles. The zero-order chi connectivity index (χ0) is 20.6. The number of fused-ring (bicyclic) bond motifs is 3. The summed E-state index contributed by atoms with van der Waals surface area (Å²) in [4.78, 5) is 0. The predicted molar refractivity (Wildman–Crippen MR) is 121 cm³/mol. The lowest BCUT2D eigenvalue weighted by molar-refractivity contribution is 0.293. The summed E-state index contributed by atoms with van der Waals surface area (Å²) in [5.41, 5.74) is 0.746. The normalized spacial score (nSPS) is 11.6. The predicted octanol–water partition coefficient (Wildman–Crippen LogP) is 8.80. The quantitative estimate of drug-likeness (QED) is 0.267.